The molecular formula is C11H16N4O6. The lowest BCUT2D eigenvalue weighted by molar-refractivity contribution is -0.117. The van der Waals surface area contributed by atoms with Gasteiger partial charge in [0.1, 0.15) is 18.3 Å². The van der Waals surface area contributed by atoms with E-state index in [1.807, 2.05) is 0 Å². The second-order valence-electron chi connectivity index (χ2n) is 4.71. The molecule has 116 valence electrons. The molecule has 1 aliphatic heterocycles. The quantitative estimate of drug-likeness (QED) is 0.380. The number of aliphatic hydroxyl groups excluding tert-OH is 3. The lowest BCUT2D eigenvalue weighted by atomic mass is 10.1. The number of primary amides is 1. The van der Waals surface area contributed by atoms with E-state index >= 15 is 0 Å². The molecule has 0 spiro atoms. The molecule has 0 aromatic carbocycles. The molecule has 21 heavy (non-hydrogen) atoms. The van der Waals surface area contributed by atoms with Crippen molar-refractivity contribution in [3.63, 3.8) is 0 Å². The van der Waals surface area contributed by atoms with Gasteiger partial charge in [0.2, 0.25) is 11.9 Å². The van der Waals surface area contributed by atoms with Crippen LogP contribution in [0.15, 0.2) is 11.0 Å². The number of ether oxygens (including phenoxy) is 1. The third-order valence-corrected chi connectivity index (χ3v) is 3.21. The summed E-state index contributed by atoms with van der Waals surface area (Å²) in [5.74, 6) is -0.991. The van der Waals surface area contributed by atoms with Crippen LogP contribution in [0.3, 0.4) is 0 Å². The molecule has 1 aromatic heterocycles. The molecule has 1 aromatic rings. The van der Waals surface area contributed by atoms with Crippen LogP contribution < -0.4 is 17.0 Å². The van der Waals surface area contributed by atoms with E-state index in [0.717, 1.165) is 4.57 Å². The van der Waals surface area contributed by atoms with Crippen LogP contribution in [0.4, 0.5) is 5.95 Å². The molecule has 0 bridgehead atoms. The van der Waals surface area contributed by atoms with Gasteiger partial charge in [-0.1, -0.05) is 0 Å². The van der Waals surface area contributed by atoms with Crippen LogP contribution in [-0.4, -0.2) is 55.7 Å². The van der Waals surface area contributed by atoms with E-state index in [2.05, 4.69) is 4.98 Å². The number of nitrogens with zero attached hydrogens (tertiary/aromatic N) is 2. The molecule has 7 N–H and O–H groups in total. The van der Waals surface area contributed by atoms with E-state index in [1.54, 1.807) is 0 Å². The Morgan fingerprint density at radius 1 is 1.43 bits per heavy atom. The van der Waals surface area contributed by atoms with E-state index in [1.165, 1.54) is 6.20 Å². The van der Waals surface area contributed by atoms with E-state index < -0.39 is 42.6 Å². The molecule has 10 heteroatoms. The highest BCUT2D eigenvalue weighted by atomic mass is 16.6. The molecule has 2 heterocycles. The van der Waals surface area contributed by atoms with Gasteiger partial charge in [-0.3, -0.25) is 14.2 Å². The first-order valence-corrected chi connectivity index (χ1v) is 6.13. The van der Waals surface area contributed by atoms with Gasteiger partial charge in [-0.2, -0.15) is 4.98 Å². The van der Waals surface area contributed by atoms with E-state index in [-0.39, 0.29) is 17.9 Å². The highest BCUT2D eigenvalue weighted by Crippen LogP contribution is 2.30. The van der Waals surface area contributed by atoms with Gasteiger partial charge in [-0.15, -0.1) is 0 Å². The highest BCUT2D eigenvalue weighted by molar-refractivity contribution is 5.76. The van der Waals surface area contributed by atoms with Crippen molar-refractivity contribution < 1.29 is 24.9 Å². The van der Waals surface area contributed by atoms with Crippen molar-refractivity contribution in [1.29, 1.82) is 0 Å². The van der Waals surface area contributed by atoms with Crippen molar-refractivity contribution in [3.05, 3.63) is 22.1 Å². The molecule has 0 radical (unpaired) electrons. The van der Waals surface area contributed by atoms with Gasteiger partial charge in [0, 0.05) is 11.8 Å². The van der Waals surface area contributed by atoms with Crippen molar-refractivity contribution in [2.75, 3.05) is 12.3 Å². The minimum atomic E-state index is -1.38. The van der Waals surface area contributed by atoms with E-state index in [4.69, 9.17) is 21.3 Å². The average molecular weight is 300 g/mol. The first-order valence-electron chi connectivity index (χ1n) is 6.13. The first kappa shape index (κ1) is 15.4. The van der Waals surface area contributed by atoms with Crippen molar-refractivity contribution in [2.24, 2.45) is 5.73 Å². The van der Waals surface area contributed by atoms with Crippen LogP contribution in [0.5, 0.6) is 0 Å². The van der Waals surface area contributed by atoms with Gasteiger partial charge in [-0.25, -0.2) is 0 Å². The Balaban J connectivity index is 2.40. The van der Waals surface area contributed by atoms with Crippen molar-refractivity contribution >= 4 is 11.9 Å². The predicted octanol–water partition coefficient (Wildman–Crippen LogP) is -3.54. The van der Waals surface area contributed by atoms with Gasteiger partial charge in [-0.05, 0) is 0 Å². The summed E-state index contributed by atoms with van der Waals surface area (Å²) in [5.41, 5.74) is 9.89. The number of nitrogen functional groups attached to an aromatic ring is 1. The normalized spacial score (nSPS) is 28.7. The number of carbonyl (C=O) groups is 1. The van der Waals surface area contributed by atoms with Crippen LogP contribution in [0.2, 0.25) is 0 Å². The van der Waals surface area contributed by atoms with Crippen molar-refractivity contribution in [1.82, 2.24) is 9.55 Å². The summed E-state index contributed by atoms with van der Waals surface area (Å²) < 4.78 is 6.39. The van der Waals surface area contributed by atoms with Crippen LogP contribution in [-0.2, 0) is 16.0 Å². The second-order valence-corrected chi connectivity index (χ2v) is 4.71. The number of amides is 1. The van der Waals surface area contributed by atoms with Crippen molar-refractivity contribution in [2.45, 2.75) is 31.0 Å². The summed E-state index contributed by atoms with van der Waals surface area (Å²) >= 11 is 0. The Kier molecular flexibility index (Phi) is 4.23. The minimum absolute atomic E-state index is 0.0190. The maximum Gasteiger partial charge on any atom is 0.278 e. The Labute approximate surface area is 118 Å². The molecule has 4 atom stereocenters. The Morgan fingerprint density at radius 2 is 2.10 bits per heavy atom. The highest BCUT2D eigenvalue weighted by Gasteiger charge is 2.43. The predicted molar refractivity (Wildman–Crippen MR) is 68.8 cm³/mol. The standard InChI is InChI=1S/C11H16N4O6/c12-6(17)1-4-2-15(11(13)14-9(4)20)10-8(19)7(18)5(3-16)21-10/h2,5,7-8,10,16,18-19H,1,3H2,(H2,12,17)(H2,13,14,20)/t5-,7-,8+,10-/m1/s1. The summed E-state index contributed by atoms with van der Waals surface area (Å²) in [5, 5.41) is 28.7. The smallest absolute Gasteiger partial charge is 0.278 e. The van der Waals surface area contributed by atoms with Gasteiger partial charge in [0.25, 0.3) is 5.56 Å². The summed E-state index contributed by atoms with van der Waals surface area (Å²) in [6.45, 7) is -0.504. The summed E-state index contributed by atoms with van der Waals surface area (Å²) in [6.07, 6.45) is -4.00. The summed E-state index contributed by atoms with van der Waals surface area (Å²) in [6, 6.07) is 0. The zero-order valence-electron chi connectivity index (χ0n) is 10.9. The third kappa shape index (κ3) is 2.88. The Bertz CT molecular complexity index is 603. The molecule has 10 nitrogen and oxygen atoms in total. The fraction of sp³-hybridized carbons (Fsp3) is 0.545. The summed E-state index contributed by atoms with van der Waals surface area (Å²) in [4.78, 5) is 26.0. The first-order chi connectivity index (χ1) is 9.85. The zero-order valence-corrected chi connectivity index (χ0v) is 10.9. The fourth-order valence-corrected chi connectivity index (χ4v) is 2.15. The van der Waals surface area contributed by atoms with Gasteiger partial charge < -0.3 is 31.5 Å². The van der Waals surface area contributed by atoms with E-state index in [9.17, 15) is 19.8 Å². The molecule has 2 rings (SSSR count). The number of carbonyl (C=O) groups excluding carboxylic acids is 1. The lowest BCUT2D eigenvalue weighted by Crippen LogP contribution is -2.34. The molecule has 0 aliphatic carbocycles. The van der Waals surface area contributed by atoms with Gasteiger partial charge in [0.05, 0.1) is 13.0 Å². The average Bonchev–Trinajstić information content (AvgIpc) is 2.69. The van der Waals surface area contributed by atoms with E-state index in [0.29, 0.717) is 0 Å². The number of aliphatic hydroxyl groups is 3. The maximum absolute atomic E-state index is 11.6. The van der Waals surface area contributed by atoms with Gasteiger partial charge in [0.15, 0.2) is 6.23 Å². The van der Waals surface area contributed by atoms with Crippen LogP contribution in [0.25, 0.3) is 0 Å². The number of anilines is 1. The molecule has 0 unspecified atom stereocenters. The lowest BCUT2D eigenvalue weighted by Gasteiger charge is -2.20. The molecule has 0 saturated carbocycles. The zero-order chi connectivity index (χ0) is 15.7. The molecular weight excluding hydrogens is 284 g/mol. The molecule has 1 aliphatic rings. The molecule has 1 saturated heterocycles. The Hall–Kier alpha value is -2.01. The van der Waals surface area contributed by atoms with Gasteiger partial charge >= 0.3 is 0 Å². The van der Waals surface area contributed by atoms with Crippen LogP contribution in [0.1, 0.15) is 11.8 Å². The molecule has 1 fully saturated rings. The maximum atomic E-state index is 11.6. The minimum Gasteiger partial charge on any atom is -0.394 e. The number of nitrogens with two attached hydrogens (primary N) is 2. The number of rotatable bonds is 4. The topological polar surface area (TPSA) is 174 Å². The SMILES string of the molecule is NC(=O)Cc1cn([C@@H]2O[C@H](CO)[C@@H](O)[C@@H]2O)c(N)nc1=O. The molecule has 1 amide bonds. The van der Waals surface area contributed by atoms with Crippen molar-refractivity contribution in [3.8, 4) is 0 Å². The third-order valence-electron chi connectivity index (χ3n) is 3.21. The monoisotopic (exact) mass is 300 g/mol. The van der Waals surface area contributed by atoms with Crippen LogP contribution >= 0.6 is 0 Å². The van der Waals surface area contributed by atoms with Crippen LogP contribution in [0, 0.1) is 0 Å². The summed E-state index contributed by atoms with van der Waals surface area (Å²) in [7, 11) is 0. The number of hydrogen-bond donors (Lipinski definition) is 5. The largest absolute Gasteiger partial charge is 0.394 e. The second kappa shape index (κ2) is 5.77. The fourth-order valence-electron chi connectivity index (χ4n) is 2.15. The number of hydrogen-bond acceptors (Lipinski definition) is 8. The Morgan fingerprint density at radius 3 is 2.62 bits per heavy atom. The number of aromatic nitrogens is 2.